The largest absolute Gasteiger partial charge is 0.495 e. The van der Waals surface area contributed by atoms with E-state index in [1.165, 1.54) is 23.1 Å². The average molecular weight is 395 g/mol. The van der Waals surface area contributed by atoms with Crippen LogP contribution in [0, 0.1) is 5.92 Å². The van der Waals surface area contributed by atoms with Crippen molar-refractivity contribution < 1.29 is 14.3 Å². The van der Waals surface area contributed by atoms with E-state index < -0.39 is 0 Å². The summed E-state index contributed by atoms with van der Waals surface area (Å²) in [6.45, 7) is 3.96. The number of hydrogen-bond acceptors (Lipinski definition) is 7. The van der Waals surface area contributed by atoms with Gasteiger partial charge in [0.25, 0.3) is 0 Å². The van der Waals surface area contributed by atoms with Crippen molar-refractivity contribution in [3.8, 4) is 5.75 Å². The van der Waals surface area contributed by atoms with Gasteiger partial charge in [-0.3, -0.25) is 9.59 Å². The number of aromatic nitrogens is 2. The maximum atomic E-state index is 12.1. The van der Waals surface area contributed by atoms with Crippen LogP contribution in [0.4, 0.5) is 10.8 Å². The van der Waals surface area contributed by atoms with Gasteiger partial charge in [-0.2, -0.15) is 0 Å². The van der Waals surface area contributed by atoms with Gasteiger partial charge in [0.2, 0.25) is 16.9 Å². The van der Waals surface area contributed by atoms with Crippen molar-refractivity contribution in [1.82, 2.24) is 10.2 Å². The smallest absolute Gasteiger partial charge is 0.234 e. The van der Waals surface area contributed by atoms with Crippen molar-refractivity contribution in [1.29, 1.82) is 0 Å². The van der Waals surface area contributed by atoms with Crippen LogP contribution in [0.15, 0.2) is 28.6 Å². The van der Waals surface area contributed by atoms with Gasteiger partial charge in [0.1, 0.15) is 5.75 Å². The highest BCUT2D eigenvalue weighted by Crippen LogP contribution is 2.27. The van der Waals surface area contributed by atoms with E-state index in [0.29, 0.717) is 20.9 Å². The average Bonchev–Trinajstić information content (AvgIpc) is 3.09. The minimum Gasteiger partial charge on any atom is -0.495 e. The first-order valence-corrected chi connectivity index (χ1v) is 10.1. The van der Waals surface area contributed by atoms with E-state index in [1.54, 1.807) is 19.2 Å². The van der Waals surface area contributed by atoms with Gasteiger partial charge in [-0.15, -0.1) is 10.2 Å². The summed E-state index contributed by atoms with van der Waals surface area (Å²) < 4.78 is 5.83. The lowest BCUT2D eigenvalue weighted by atomic mass is 10.0. The number of rotatable bonds is 9. The van der Waals surface area contributed by atoms with E-state index >= 15 is 0 Å². The first-order chi connectivity index (χ1) is 12.6. The Bertz CT molecular complexity index is 747. The van der Waals surface area contributed by atoms with E-state index in [2.05, 4.69) is 20.8 Å². The fourth-order valence-corrected chi connectivity index (χ4v) is 3.80. The Morgan fingerprint density at radius 3 is 2.62 bits per heavy atom. The van der Waals surface area contributed by atoms with Gasteiger partial charge in [0.05, 0.1) is 18.6 Å². The minimum absolute atomic E-state index is 0.0263. The number of anilines is 2. The molecular weight excluding hydrogens is 372 g/mol. The van der Waals surface area contributed by atoms with Gasteiger partial charge in [0, 0.05) is 5.92 Å². The molecule has 1 heterocycles. The molecule has 2 N–H and O–H groups in total. The van der Waals surface area contributed by atoms with Crippen LogP contribution in [0.25, 0.3) is 0 Å². The number of methoxy groups -OCH3 is 1. The SMILES string of the molecule is CCC(CC)C(=O)Nc1nnc(SCC(=O)Nc2ccccc2OC)s1. The molecular formula is C17H22N4O3S2. The summed E-state index contributed by atoms with van der Waals surface area (Å²) >= 11 is 2.53. The number of nitrogens with zero attached hydrogens (tertiary/aromatic N) is 2. The molecule has 0 atom stereocenters. The molecule has 0 spiro atoms. The molecule has 2 rings (SSSR count). The molecule has 0 aliphatic rings. The predicted octanol–water partition coefficient (Wildman–Crippen LogP) is 3.65. The molecule has 0 bridgehead atoms. The van der Waals surface area contributed by atoms with Crippen molar-refractivity contribution in [2.24, 2.45) is 5.92 Å². The summed E-state index contributed by atoms with van der Waals surface area (Å²) in [5.74, 6) is 0.552. The second-order valence-electron chi connectivity index (χ2n) is 5.41. The Morgan fingerprint density at radius 1 is 1.19 bits per heavy atom. The fourth-order valence-electron chi connectivity index (χ4n) is 2.25. The number of carbonyl (C=O) groups is 2. The van der Waals surface area contributed by atoms with E-state index in [-0.39, 0.29) is 23.5 Å². The van der Waals surface area contributed by atoms with Gasteiger partial charge < -0.3 is 15.4 Å². The summed E-state index contributed by atoms with van der Waals surface area (Å²) in [6.07, 6.45) is 1.57. The third kappa shape index (κ3) is 5.70. The van der Waals surface area contributed by atoms with E-state index in [1.807, 2.05) is 26.0 Å². The highest BCUT2D eigenvalue weighted by atomic mass is 32.2. The molecule has 0 aliphatic heterocycles. The molecule has 1 aromatic carbocycles. The normalized spacial score (nSPS) is 10.6. The first-order valence-electron chi connectivity index (χ1n) is 8.27. The Morgan fingerprint density at radius 2 is 1.92 bits per heavy atom. The lowest BCUT2D eigenvalue weighted by Gasteiger charge is -2.10. The highest BCUT2D eigenvalue weighted by molar-refractivity contribution is 8.01. The predicted molar refractivity (Wildman–Crippen MR) is 105 cm³/mol. The first kappa shape index (κ1) is 20.2. The zero-order chi connectivity index (χ0) is 18.9. The molecule has 0 unspecified atom stereocenters. The molecule has 0 saturated heterocycles. The monoisotopic (exact) mass is 394 g/mol. The quantitative estimate of drug-likeness (QED) is 0.498. The van der Waals surface area contributed by atoms with Crippen molar-refractivity contribution in [2.45, 2.75) is 31.0 Å². The van der Waals surface area contributed by atoms with Crippen LogP contribution in [-0.2, 0) is 9.59 Å². The number of para-hydroxylation sites is 2. The lowest BCUT2D eigenvalue weighted by molar-refractivity contribution is -0.120. The standard InChI is InChI=1S/C17H22N4O3S2/c1-4-11(5-2)15(23)19-16-20-21-17(26-16)25-10-14(22)18-12-8-6-7-9-13(12)24-3/h6-9,11H,4-5,10H2,1-3H3,(H,18,22)(H,19,20,23). The van der Waals surface area contributed by atoms with E-state index in [4.69, 9.17) is 4.74 Å². The van der Waals surface area contributed by atoms with E-state index in [9.17, 15) is 9.59 Å². The van der Waals surface area contributed by atoms with Gasteiger partial charge in [-0.25, -0.2) is 0 Å². The van der Waals surface area contributed by atoms with Gasteiger partial charge in [-0.1, -0.05) is 49.1 Å². The Balaban J connectivity index is 1.85. The van der Waals surface area contributed by atoms with Crippen LogP contribution in [0.5, 0.6) is 5.75 Å². The Kier molecular flexibility index (Phi) is 7.86. The summed E-state index contributed by atoms with van der Waals surface area (Å²) in [5.41, 5.74) is 0.621. The Labute approximate surface area is 160 Å². The van der Waals surface area contributed by atoms with Crippen LogP contribution in [-0.4, -0.2) is 34.9 Å². The zero-order valence-corrected chi connectivity index (χ0v) is 16.6. The number of amides is 2. The molecule has 0 aliphatic carbocycles. The molecule has 0 radical (unpaired) electrons. The maximum Gasteiger partial charge on any atom is 0.234 e. The summed E-state index contributed by atoms with van der Waals surface area (Å²) in [6, 6.07) is 7.22. The number of benzene rings is 1. The third-order valence-electron chi connectivity index (χ3n) is 3.70. The molecule has 1 aromatic heterocycles. The molecule has 0 fully saturated rings. The highest BCUT2D eigenvalue weighted by Gasteiger charge is 2.17. The molecule has 26 heavy (non-hydrogen) atoms. The van der Waals surface area contributed by atoms with Crippen LogP contribution >= 0.6 is 23.1 Å². The minimum atomic E-state index is -0.169. The van der Waals surface area contributed by atoms with Crippen LogP contribution in [0.3, 0.4) is 0 Å². The van der Waals surface area contributed by atoms with Crippen molar-refractivity contribution in [3.05, 3.63) is 24.3 Å². The fraction of sp³-hybridized carbons (Fsp3) is 0.412. The van der Waals surface area contributed by atoms with Gasteiger partial charge in [0.15, 0.2) is 4.34 Å². The van der Waals surface area contributed by atoms with Crippen molar-refractivity contribution >= 4 is 45.7 Å². The maximum absolute atomic E-state index is 12.1. The number of thioether (sulfide) groups is 1. The summed E-state index contributed by atoms with van der Waals surface area (Å²) in [4.78, 5) is 24.2. The molecule has 2 amide bonds. The second kappa shape index (κ2) is 10.1. The zero-order valence-electron chi connectivity index (χ0n) is 14.9. The molecule has 140 valence electrons. The number of ether oxygens (including phenoxy) is 1. The molecule has 0 saturated carbocycles. The Hall–Kier alpha value is -2.13. The summed E-state index contributed by atoms with van der Waals surface area (Å²) in [7, 11) is 1.55. The second-order valence-corrected chi connectivity index (χ2v) is 7.61. The number of carbonyl (C=O) groups excluding carboxylic acids is 2. The third-order valence-corrected chi connectivity index (χ3v) is 5.67. The number of hydrogen-bond donors (Lipinski definition) is 2. The van der Waals surface area contributed by atoms with Crippen molar-refractivity contribution in [2.75, 3.05) is 23.5 Å². The van der Waals surface area contributed by atoms with Crippen LogP contribution in [0.2, 0.25) is 0 Å². The van der Waals surface area contributed by atoms with Crippen LogP contribution in [0.1, 0.15) is 26.7 Å². The number of nitrogens with one attached hydrogen (secondary N) is 2. The lowest BCUT2D eigenvalue weighted by Crippen LogP contribution is -2.21. The molecule has 9 heteroatoms. The molecule has 7 nitrogen and oxygen atoms in total. The van der Waals surface area contributed by atoms with Gasteiger partial charge in [-0.05, 0) is 25.0 Å². The topological polar surface area (TPSA) is 93.2 Å². The molecule has 2 aromatic rings. The van der Waals surface area contributed by atoms with Gasteiger partial charge >= 0.3 is 0 Å². The summed E-state index contributed by atoms with van der Waals surface area (Å²) in [5, 5.41) is 14.0. The van der Waals surface area contributed by atoms with Crippen LogP contribution < -0.4 is 15.4 Å². The van der Waals surface area contributed by atoms with E-state index in [0.717, 1.165) is 12.8 Å². The van der Waals surface area contributed by atoms with Crippen molar-refractivity contribution in [3.63, 3.8) is 0 Å².